The molecule has 0 atom stereocenters. The summed E-state index contributed by atoms with van der Waals surface area (Å²) >= 11 is 1.60. The molecule has 3 nitrogen and oxygen atoms in total. The van der Waals surface area contributed by atoms with E-state index in [1.165, 1.54) is 5.56 Å². The molecule has 2 N–H and O–H groups in total. The summed E-state index contributed by atoms with van der Waals surface area (Å²) < 4.78 is 0. The second-order valence-corrected chi connectivity index (χ2v) is 4.43. The summed E-state index contributed by atoms with van der Waals surface area (Å²) in [5, 5.41) is 10.1. The van der Waals surface area contributed by atoms with Crippen molar-refractivity contribution in [3.05, 3.63) is 45.9 Å². The lowest BCUT2D eigenvalue weighted by atomic mass is 10.1. The molecular weight excluding hydrogens is 206 g/mol. The number of aromatic nitrogens is 2. The zero-order chi connectivity index (χ0) is 10.5. The average Bonchev–Trinajstić information content (AvgIpc) is 2.76. The van der Waals surface area contributed by atoms with Gasteiger partial charge in [-0.2, -0.15) is 0 Å². The number of nitrogens with two attached hydrogens (primary N) is 1. The van der Waals surface area contributed by atoms with Crippen LogP contribution in [0.2, 0.25) is 0 Å². The van der Waals surface area contributed by atoms with E-state index in [0.717, 1.165) is 22.9 Å². The topological polar surface area (TPSA) is 51.8 Å². The van der Waals surface area contributed by atoms with Gasteiger partial charge in [-0.05, 0) is 12.0 Å². The van der Waals surface area contributed by atoms with Gasteiger partial charge >= 0.3 is 0 Å². The fourth-order valence-electron chi connectivity index (χ4n) is 1.37. The van der Waals surface area contributed by atoms with Gasteiger partial charge in [0.2, 0.25) is 0 Å². The summed E-state index contributed by atoms with van der Waals surface area (Å²) in [5.41, 5.74) is 6.81. The Labute approximate surface area is 93.0 Å². The third-order valence-corrected chi connectivity index (χ3v) is 3.16. The van der Waals surface area contributed by atoms with Crippen LogP contribution in [0.25, 0.3) is 0 Å². The molecule has 15 heavy (non-hydrogen) atoms. The molecule has 0 fully saturated rings. The molecule has 1 heterocycles. The summed E-state index contributed by atoms with van der Waals surface area (Å²) in [6, 6.07) is 10.4. The van der Waals surface area contributed by atoms with E-state index in [1.807, 2.05) is 6.07 Å². The molecule has 4 heteroatoms. The molecule has 0 aliphatic carbocycles. The van der Waals surface area contributed by atoms with Gasteiger partial charge in [0.15, 0.2) is 0 Å². The Morgan fingerprint density at radius 1 is 1.00 bits per heavy atom. The van der Waals surface area contributed by atoms with Crippen molar-refractivity contribution in [3.8, 4) is 0 Å². The first-order valence-corrected chi connectivity index (χ1v) is 5.75. The van der Waals surface area contributed by atoms with E-state index in [-0.39, 0.29) is 0 Å². The Kier molecular flexibility index (Phi) is 3.42. The second kappa shape index (κ2) is 5.00. The van der Waals surface area contributed by atoms with Crippen molar-refractivity contribution in [3.63, 3.8) is 0 Å². The Morgan fingerprint density at radius 3 is 2.40 bits per heavy atom. The largest absolute Gasteiger partial charge is 0.324 e. The van der Waals surface area contributed by atoms with Crippen molar-refractivity contribution in [2.75, 3.05) is 0 Å². The first kappa shape index (κ1) is 10.3. The van der Waals surface area contributed by atoms with Crippen LogP contribution in [0.1, 0.15) is 15.6 Å². The fourth-order valence-corrected chi connectivity index (χ4v) is 2.09. The number of nitrogens with zero attached hydrogens (tertiary/aromatic N) is 2. The van der Waals surface area contributed by atoms with Crippen molar-refractivity contribution >= 4 is 11.3 Å². The maximum atomic E-state index is 5.48. The van der Waals surface area contributed by atoms with Crippen LogP contribution in [-0.2, 0) is 19.4 Å². The monoisotopic (exact) mass is 219 g/mol. The van der Waals surface area contributed by atoms with Crippen LogP contribution in [0, 0.1) is 0 Å². The van der Waals surface area contributed by atoms with Gasteiger partial charge in [-0.25, -0.2) is 0 Å². The van der Waals surface area contributed by atoms with Crippen LogP contribution in [0.15, 0.2) is 30.3 Å². The van der Waals surface area contributed by atoms with E-state index in [1.54, 1.807) is 11.3 Å². The van der Waals surface area contributed by atoms with E-state index in [4.69, 9.17) is 5.73 Å². The van der Waals surface area contributed by atoms with Gasteiger partial charge < -0.3 is 5.73 Å². The lowest BCUT2D eigenvalue weighted by molar-refractivity contribution is 0.882. The lowest BCUT2D eigenvalue weighted by Gasteiger charge is -1.96. The third kappa shape index (κ3) is 2.84. The van der Waals surface area contributed by atoms with E-state index < -0.39 is 0 Å². The molecule has 0 spiro atoms. The van der Waals surface area contributed by atoms with Crippen LogP contribution in [0.5, 0.6) is 0 Å². The molecule has 1 aromatic carbocycles. The molecule has 0 radical (unpaired) electrons. The molecule has 0 saturated carbocycles. The molecule has 1 aromatic heterocycles. The molecule has 78 valence electrons. The number of benzene rings is 1. The predicted molar refractivity (Wildman–Crippen MR) is 61.7 cm³/mol. The van der Waals surface area contributed by atoms with E-state index in [0.29, 0.717) is 6.54 Å². The van der Waals surface area contributed by atoms with Gasteiger partial charge in [-0.3, -0.25) is 0 Å². The first-order chi connectivity index (χ1) is 7.38. The number of aryl methyl sites for hydroxylation is 2. The molecule has 0 bridgehead atoms. The Balaban J connectivity index is 1.93. The maximum absolute atomic E-state index is 5.48. The van der Waals surface area contributed by atoms with Crippen molar-refractivity contribution in [2.24, 2.45) is 5.73 Å². The third-order valence-electron chi connectivity index (χ3n) is 2.15. The SMILES string of the molecule is NCc1nnc(CCc2ccccc2)s1. The van der Waals surface area contributed by atoms with Gasteiger partial charge in [0, 0.05) is 13.0 Å². The Hall–Kier alpha value is -1.26. The second-order valence-electron chi connectivity index (χ2n) is 3.28. The van der Waals surface area contributed by atoms with Crippen LogP contribution >= 0.6 is 11.3 Å². The summed E-state index contributed by atoms with van der Waals surface area (Å²) in [7, 11) is 0. The quantitative estimate of drug-likeness (QED) is 0.852. The van der Waals surface area contributed by atoms with Gasteiger partial charge in [-0.1, -0.05) is 30.3 Å². The fraction of sp³-hybridized carbons (Fsp3) is 0.273. The number of hydrogen-bond donors (Lipinski definition) is 1. The van der Waals surface area contributed by atoms with E-state index in [9.17, 15) is 0 Å². The molecule has 2 aromatic rings. The molecule has 0 aliphatic rings. The highest BCUT2D eigenvalue weighted by Crippen LogP contribution is 2.12. The van der Waals surface area contributed by atoms with E-state index in [2.05, 4.69) is 34.5 Å². The minimum absolute atomic E-state index is 0.489. The van der Waals surface area contributed by atoms with Crippen LogP contribution in [0.4, 0.5) is 0 Å². The summed E-state index contributed by atoms with van der Waals surface area (Å²) in [5.74, 6) is 0. The van der Waals surface area contributed by atoms with Crippen LogP contribution in [0.3, 0.4) is 0 Å². The molecule has 0 amide bonds. The lowest BCUT2D eigenvalue weighted by Crippen LogP contribution is -1.94. The molecule has 0 aliphatic heterocycles. The zero-order valence-corrected chi connectivity index (χ0v) is 9.20. The predicted octanol–water partition coefficient (Wildman–Crippen LogP) is 1.78. The highest BCUT2D eigenvalue weighted by atomic mass is 32.1. The molecular formula is C11H13N3S. The summed E-state index contributed by atoms with van der Waals surface area (Å²) in [6.07, 6.45) is 1.96. The average molecular weight is 219 g/mol. The molecule has 0 unspecified atom stereocenters. The highest BCUT2D eigenvalue weighted by Gasteiger charge is 2.02. The summed E-state index contributed by atoms with van der Waals surface area (Å²) in [6.45, 7) is 0.489. The first-order valence-electron chi connectivity index (χ1n) is 4.94. The van der Waals surface area contributed by atoms with Gasteiger partial charge in [-0.15, -0.1) is 21.5 Å². The van der Waals surface area contributed by atoms with Gasteiger partial charge in [0.05, 0.1) is 0 Å². The van der Waals surface area contributed by atoms with Crippen molar-refractivity contribution in [1.82, 2.24) is 10.2 Å². The molecule has 0 saturated heterocycles. The number of hydrogen-bond acceptors (Lipinski definition) is 4. The van der Waals surface area contributed by atoms with Crippen LogP contribution in [-0.4, -0.2) is 10.2 Å². The smallest absolute Gasteiger partial charge is 0.131 e. The highest BCUT2D eigenvalue weighted by molar-refractivity contribution is 7.11. The standard InChI is InChI=1S/C11H13N3S/c12-8-11-14-13-10(15-11)7-6-9-4-2-1-3-5-9/h1-5H,6-8,12H2. The van der Waals surface area contributed by atoms with Gasteiger partial charge in [0.25, 0.3) is 0 Å². The van der Waals surface area contributed by atoms with E-state index >= 15 is 0 Å². The normalized spacial score (nSPS) is 10.5. The van der Waals surface area contributed by atoms with Crippen molar-refractivity contribution in [2.45, 2.75) is 19.4 Å². The Morgan fingerprint density at radius 2 is 1.73 bits per heavy atom. The van der Waals surface area contributed by atoms with Crippen LogP contribution < -0.4 is 5.73 Å². The van der Waals surface area contributed by atoms with Crippen molar-refractivity contribution in [1.29, 1.82) is 0 Å². The molecule has 2 rings (SSSR count). The maximum Gasteiger partial charge on any atom is 0.131 e. The Bertz CT molecular complexity index is 411. The number of rotatable bonds is 4. The minimum Gasteiger partial charge on any atom is -0.324 e. The minimum atomic E-state index is 0.489. The van der Waals surface area contributed by atoms with Gasteiger partial charge in [0.1, 0.15) is 10.0 Å². The summed E-state index contributed by atoms with van der Waals surface area (Å²) in [4.78, 5) is 0. The zero-order valence-electron chi connectivity index (χ0n) is 8.39. The van der Waals surface area contributed by atoms with Crippen molar-refractivity contribution < 1.29 is 0 Å².